The first-order valence-corrected chi connectivity index (χ1v) is 5.92. The Morgan fingerprint density at radius 3 is 2.74 bits per heavy atom. The van der Waals surface area contributed by atoms with Crippen LogP contribution in [0.2, 0.25) is 0 Å². The number of carbonyl (C=O) groups excluding carboxylic acids is 1. The number of carboxylic acid groups (broad SMARTS) is 1. The number of nitrogens with zero attached hydrogens (tertiary/aromatic N) is 3. The summed E-state index contributed by atoms with van der Waals surface area (Å²) < 4.78 is 0. The number of carbonyl (C=O) groups is 2. The fourth-order valence-electron chi connectivity index (χ4n) is 2.17. The zero-order valence-electron chi connectivity index (χ0n) is 10.2. The third kappa shape index (κ3) is 2.90. The first-order valence-electron chi connectivity index (χ1n) is 5.92. The zero-order valence-corrected chi connectivity index (χ0v) is 10.2. The molecule has 1 saturated heterocycles. The Morgan fingerprint density at radius 2 is 2.16 bits per heavy atom. The summed E-state index contributed by atoms with van der Waals surface area (Å²) >= 11 is 0. The smallest absolute Gasteiger partial charge is 0.404 e. The molecule has 1 fully saturated rings. The third-order valence-corrected chi connectivity index (χ3v) is 3.13. The molecule has 4 N–H and O–H groups in total. The highest BCUT2D eigenvalue weighted by Crippen LogP contribution is 2.23. The van der Waals surface area contributed by atoms with Crippen LogP contribution in [-0.2, 0) is 0 Å². The molecule has 0 radical (unpaired) electrons. The molecule has 0 unspecified atom stereocenters. The van der Waals surface area contributed by atoms with Gasteiger partial charge in [0.2, 0.25) is 0 Å². The van der Waals surface area contributed by atoms with E-state index in [1.807, 2.05) is 4.90 Å². The molecule has 0 aliphatic carbocycles. The number of aromatic nitrogens is 2. The summed E-state index contributed by atoms with van der Waals surface area (Å²) in [5.74, 6) is 0.669. The summed E-state index contributed by atoms with van der Waals surface area (Å²) in [5, 5.41) is 11.1. The van der Waals surface area contributed by atoms with Crippen LogP contribution < -0.4 is 16.0 Å². The van der Waals surface area contributed by atoms with Gasteiger partial charge in [-0.05, 0) is 12.8 Å². The standard InChI is InChI=1S/C11H15N5O3/c12-9-8(5-17)10(14-6-13-9)16-3-1-7(2-4-16)15-11(18)19/h5-7,15H,1-4H2,(H,18,19)(H2,12,13,14). The molecule has 0 spiro atoms. The Morgan fingerprint density at radius 1 is 1.47 bits per heavy atom. The molecule has 2 rings (SSSR count). The van der Waals surface area contributed by atoms with Crippen molar-refractivity contribution in [3.05, 3.63) is 11.9 Å². The number of hydrogen-bond donors (Lipinski definition) is 3. The predicted molar refractivity (Wildman–Crippen MR) is 68.2 cm³/mol. The van der Waals surface area contributed by atoms with Gasteiger partial charge in [-0.2, -0.15) is 0 Å². The van der Waals surface area contributed by atoms with Crippen molar-refractivity contribution < 1.29 is 14.7 Å². The van der Waals surface area contributed by atoms with Crippen LogP contribution in [0.3, 0.4) is 0 Å². The Kier molecular flexibility index (Phi) is 3.79. The number of rotatable bonds is 3. The van der Waals surface area contributed by atoms with E-state index in [-0.39, 0.29) is 17.4 Å². The molecule has 0 bridgehead atoms. The van der Waals surface area contributed by atoms with E-state index < -0.39 is 6.09 Å². The van der Waals surface area contributed by atoms with Crippen molar-refractivity contribution in [1.29, 1.82) is 0 Å². The highest BCUT2D eigenvalue weighted by molar-refractivity contribution is 5.88. The number of amides is 1. The summed E-state index contributed by atoms with van der Waals surface area (Å²) in [6, 6.07) is -0.0624. The Hall–Kier alpha value is -2.38. The Bertz CT molecular complexity index is 485. The molecule has 19 heavy (non-hydrogen) atoms. The van der Waals surface area contributed by atoms with Crippen LogP contribution in [0, 0.1) is 0 Å². The van der Waals surface area contributed by atoms with E-state index >= 15 is 0 Å². The maximum atomic E-state index is 11.0. The van der Waals surface area contributed by atoms with E-state index in [1.54, 1.807) is 0 Å². The second-order valence-corrected chi connectivity index (χ2v) is 4.32. The molecule has 1 aromatic heterocycles. The lowest BCUT2D eigenvalue weighted by Gasteiger charge is -2.33. The van der Waals surface area contributed by atoms with Gasteiger partial charge in [-0.15, -0.1) is 0 Å². The van der Waals surface area contributed by atoms with E-state index in [4.69, 9.17) is 10.8 Å². The van der Waals surface area contributed by atoms with Gasteiger partial charge >= 0.3 is 6.09 Å². The van der Waals surface area contributed by atoms with Crippen LogP contribution in [0.4, 0.5) is 16.4 Å². The summed E-state index contributed by atoms with van der Waals surface area (Å²) in [6.45, 7) is 1.23. The zero-order chi connectivity index (χ0) is 13.8. The van der Waals surface area contributed by atoms with E-state index in [1.165, 1.54) is 6.33 Å². The van der Waals surface area contributed by atoms with Crippen molar-refractivity contribution >= 4 is 24.0 Å². The first kappa shape index (κ1) is 13.1. The molecule has 0 atom stereocenters. The second kappa shape index (κ2) is 5.51. The molecule has 1 aliphatic heterocycles. The van der Waals surface area contributed by atoms with E-state index in [2.05, 4.69) is 15.3 Å². The van der Waals surface area contributed by atoms with Crippen molar-refractivity contribution in [2.75, 3.05) is 23.7 Å². The molecule has 8 heteroatoms. The van der Waals surface area contributed by atoms with Gasteiger partial charge in [0.1, 0.15) is 18.0 Å². The number of nitrogens with two attached hydrogens (primary N) is 1. The first-order chi connectivity index (χ1) is 9.11. The quantitative estimate of drug-likeness (QED) is 0.663. The molecule has 0 aromatic carbocycles. The van der Waals surface area contributed by atoms with Crippen molar-refractivity contribution in [2.45, 2.75) is 18.9 Å². The minimum atomic E-state index is -1.02. The number of piperidine rings is 1. The summed E-state index contributed by atoms with van der Waals surface area (Å²) in [4.78, 5) is 31.4. The van der Waals surface area contributed by atoms with Crippen molar-refractivity contribution in [3.8, 4) is 0 Å². The molecular formula is C11H15N5O3. The van der Waals surface area contributed by atoms with Gasteiger partial charge in [0, 0.05) is 19.1 Å². The molecule has 8 nitrogen and oxygen atoms in total. The number of nitrogens with one attached hydrogen (secondary N) is 1. The average molecular weight is 265 g/mol. The normalized spacial score (nSPS) is 16.1. The van der Waals surface area contributed by atoms with Gasteiger partial charge in [-0.3, -0.25) is 4.79 Å². The predicted octanol–water partition coefficient (Wildman–Crippen LogP) is 0.108. The highest BCUT2D eigenvalue weighted by Gasteiger charge is 2.23. The van der Waals surface area contributed by atoms with Crippen molar-refractivity contribution in [1.82, 2.24) is 15.3 Å². The molecule has 1 amide bonds. The van der Waals surface area contributed by atoms with E-state index in [9.17, 15) is 9.59 Å². The molecule has 2 heterocycles. The van der Waals surface area contributed by atoms with Crippen molar-refractivity contribution in [2.24, 2.45) is 0 Å². The van der Waals surface area contributed by atoms with Gasteiger partial charge in [0.15, 0.2) is 6.29 Å². The van der Waals surface area contributed by atoms with Gasteiger partial charge < -0.3 is 21.1 Å². The van der Waals surface area contributed by atoms with Crippen LogP contribution in [0.25, 0.3) is 0 Å². The number of anilines is 2. The largest absolute Gasteiger partial charge is 0.465 e. The minimum Gasteiger partial charge on any atom is -0.465 e. The molecule has 1 aromatic rings. The van der Waals surface area contributed by atoms with E-state index in [0.717, 1.165) is 0 Å². The van der Waals surface area contributed by atoms with Crippen LogP contribution in [0.5, 0.6) is 0 Å². The van der Waals surface area contributed by atoms with Crippen molar-refractivity contribution in [3.63, 3.8) is 0 Å². The third-order valence-electron chi connectivity index (χ3n) is 3.13. The molecule has 102 valence electrons. The summed E-state index contributed by atoms with van der Waals surface area (Å²) in [7, 11) is 0. The van der Waals surface area contributed by atoms with Crippen LogP contribution in [0.1, 0.15) is 23.2 Å². The maximum Gasteiger partial charge on any atom is 0.404 e. The number of hydrogen-bond acceptors (Lipinski definition) is 6. The highest BCUT2D eigenvalue weighted by atomic mass is 16.4. The van der Waals surface area contributed by atoms with Crippen LogP contribution >= 0.6 is 0 Å². The lowest BCUT2D eigenvalue weighted by molar-refractivity contribution is 0.112. The van der Waals surface area contributed by atoms with Crippen LogP contribution in [0.15, 0.2) is 6.33 Å². The van der Waals surface area contributed by atoms with Gasteiger partial charge in [0.05, 0.1) is 5.56 Å². The molecule has 0 saturated carbocycles. The summed E-state index contributed by atoms with van der Waals surface area (Å²) in [5.41, 5.74) is 5.92. The fraction of sp³-hybridized carbons (Fsp3) is 0.455. The number of aldehydes is 1. The Balaban J connectivity index is 2.07. The van der Waals surface area contributed by atoms with Crippen LogP contribution in [-0.4, -0.2) is 46.6 Å². The van der Waals surface area contributed by atoms with E-state index in [0.29, 0.717) is 38.0 Å². The van der Waals surface area contributed by atoms with Gasteiger partial charge in [-0.1, -0.05) is 0 Å². The van der Waals surface area contributed by atoms with Gasteiger partial charge in [-0.25, -0.2) is 14.8 Å². The fourth-order valence-corrected chi connectivity index (χ4v) is 2.17. The van der Waals surface area contributed by atoms with Gasteiger partial charge in [0.25, 0.3) is 0 Å². The topological polar surface area (TPSA) is 121 Å². The second-order valence-electron chi connectivity index (χ2n) is 4.32. The lowest BCUT2D eigenvalue weighted by atomic mass is 10.0. The SMILES string of the molecule is Nc1ncnc(N2CCC(NC(=O)O)CC2)c1C=O. The molecular weight excluding hydrogens is 250 g/mol. The summed E-state index contributed by atoms with van der Waals surface area (Å²) in [6.07, 6.45) is 2.27. The molecule has 1 aliphatic rings. The monoisotopic (exact) mass is 265 g/mol. The average Bonchev–Trinajstić information content (AvgIpc) is 2.38. The lowest BCUT2D eigenvalue weighted by Crippen LogP contribution is -2.44. The number of nitrogen functional groups attached to an aromatic ring is 1. The Labute approximate surface area is 109 Å². The maximum absolute atomic E-state index is 11.0. The minimum absolute atomic E-state index is 0.0624.